The normalized spacial score (nSPS) is 11.8. The van der Waals surface area contributed by atoms with Crippen LogP contribution < -0.4 is 0 Å². The molecule has 0 atom stereocenters. The Morgan fingerprint density at radius 2 is 2.00 bits per heavy atom. The van der Waals surface area contributed by atoms with Crippen LogP contribution in [-0.4, -0.2) is 13.1 Å². The van der Waals surface area contributed by atoms with Gasteiger partial charge in [-0.3, -0.25) is 0 Å². The Balaban J connectivity index is 3.57. The fourth-order valence-corrected chi connectivity index (χ4v) is 0.701. The molecule has 0 aromatic rings. The summed E-state index contributed by atoms with van der Waals surface area (Å²) in [5, 5.41) is 0. The van der Waals surface area contributed by atoms with Crippen molar-refractivity contribution in [2.24, 2.45) is 0 Å². The second kappa shape index (κ2) is 8.78. The Bertz CT molecular complexity index is 212. The van der Waals surface area contributed by atoms with Gasteiger partial charge in [0, 0.05) is 6.08 Å². The number of ether oxygens (including phenoxy) is 1. The molecule has 0 saturated heterocycles. The zero-order valence-corrected chi connectivity index (χ0v) is 8.19. The van der Waals surface area contributed by atoms with Crippen molar-refractivity contribution >= 4 is 5.97 Å². The van der Waals surface area contributed by atoms with Crippen molar-refractivity contribution in [3.8, 4) is 0 Å². The topological polar surface area (TPSA) is 26.3 Å². The van der Waals surface area contributed by atoms with Crippen LogP contribution in [0.5, 0.6) is 0 Å². The molecule has 0 fully saturated rings. The van der Waals surface area contributed by atoms with Gasteiger partial charge in [0.2, 0.25) is 0 Å². The van der Waals surface area contributed by atoms with Crippen molar-refractivity contribution in [3.05, 3.63) is 36.5 Å². The highest BCUT2D eigenvalue weighted by atomic mass is 16.5. The van der Waals surface area contributed by atoms with E-state index in [4.69, 9.17) is 0 Å². The van der Waals surface area contributed by atoms with E-state index in [1.54, 1.807) is 6.08 Å². The molecule has 0 saturated carbocycles. The van der Waals surface area contributed by atoms with Crippen molar-refractivity contribution in [2.75, 3.05) is 7.11 Å². The van der Waals surface area contributed by atoms with Crippen LogP contribution in [0, 0.1) is 0 Å². The number of methoxy groups -OCH3 is 1. The summed E-state index contributed by atoms with van der Waals surface area (Å²) in [4.78, 5) is 10.6. The molecule has 0 rings (SSSR count). The van der Waals surface area contributed by atoms with E-state index in [0.29, 0.717) is 0 Å². The third-order valence-corrected chi connectivity index (χ3v) is 1.36. The lowest BCUT2D eigenvalue weighted by Crippen LogP contribution is -1.92. The van der Waals surface area contributed by atoms with Gasteiger partial charge < -0.3 is 4.74 Å². The fraction of sp³-hybridized carbons (Fsp3) is 0.364. The van der Waals surface area contributed by atoms with Crippen LogP contribution in [0.1, 0.15) is 19.8 Å². The molecule has 0 aliphatic heterocycles. The summed E-state index contributed by atoms with van der Waals surface area (Å²) in [6, 6.07) is 0. The van der Waals surface area contributed by atoms with E-state index < -0.39 is 0 Å². The minimum Gasteiger partial charge on any atom is -0.466 e. The first kappa shape index (κ1) is 11.7. The predicted molar refractivity (Wildman–Crippen MR) is 54.3 cm³/mol. The Hall–Kier alpha value is -1.31. The van der Waals surface area contributed by atoms with Crippen LogP contribution in [-0.2, 0) is 9.53 Å². The van der Waals surface area contributed by atoms with E-state index in [1.165, 1.54) is 13.2 Å². The highest BCUT2D eigenvalue weighted by Gasteiger charge is 1.85. The molecule has 2 heteroatoms. The number of hydrogen-bond acceptors (Lipinski definition) is 2. The van der Waals surface area contributed by atoms with E-state index >= 15 is 0 Å². The zero-order valence-electron chi connectivity index (χ0n) is 8.19. The number of carbonyl (C=O) groups is 1. The van der Waals surface area contributed by atoms with E-state index in [-0.39, 0.29) is 5.97 Å². The first-order valence-corrected chi connectivity index (χ1v) is 4.37. The quantitative estimate of drug-likeness (QED) is 0.281. The predicted octanol–water partition coefficient (Wildman–Crippen LogP) is 2.63. The zero-order chi connectivity index (χ0) is 9.94. The van der Waals surface area contributed by atoms with Crippen LogP contribution >= 0.6 is 0 Å². The largest absolute Gasteiger partial charge is 0.466 e. The van der Waals surface area contributed by atoms with Crippen LogP contribution in [0.3, 0.4) is 0 Å². The molecule has 0 bridgehead atoms. The van der Waals surface area contributed by atoms with Crippen molar-refractivity contribution in [1.82, 2.24) is 0 Å². The second-order valence-electron chi connectivity index (χ2n) is 2.43. The van der Waals surface area contributed by atoms with Gasteiger partial charge in [0.1, 0.15) is 0 Å². The standard InChI is InChI=1S/C11H16O2/c1-3-4-5-6-7-8-9-10-11(12)13-2/h4-5,7-10H,3,6H2,1-2H3. The van der Waals surface area contributed by atoms with Crippen molar-refractivity contribution in [1.29, 1.82) is 0 Å². The van der Waals surface area contributed by atoms with Crippen molar-refractivity contribution in [2.45, 2.75) is 19.8 Å². The SMILES string of the molecule is CCC=CCC=CC=CC(=O)OC. The summed E-state index contributed by atoms with van der Waals surface area (Å²) in [7, 11) is 1.36. The molecule has 0 spiro atoms. The first-order valence-electron chi connectivity index (χ1n) is 4.37. The molecule has 0 aliphatic rings. The number of carbonyl (C=O) groups excluding carboxylic acids is 1. The van der Waals surface area contributed by atoms with Gasteiger partial charge in [-0.15, -0.1) is 0 Å². The van der Waals surface area contributed by atoms with E-state index in [0.717, 1.165) is 12.8 Å². The maximum atomic E-state index is 10.6. The van der Waals surface area contributed by atoms with E-state index in [2.05, 4.69) is 23.8 Å². The molecule has 2 nitrogen and oxygen atoms in total. The highest BCUT2D eigenvalue weighted by Crippen LogP contribution is 1.89. The average Bonchev–Trinajstić information content (AvgIpc) is 2.16. The van der Waals surface area contributed by atoms with E-state index in [1.807, 2.05) is 12.2 Å². The molecule has 0 amide bonds. The third kappa shape index (κ3) is 8.60. The van der Waals surface area contributed by atoms with Gasteiger partial charge in [-0.25, -0.2) is 4.79 Å². The number of esters is 1. The molecule has 0 unspecified atom stereocenters. The van der Waals surface area contributed by atoms with Crippen LogP contribution in [0.25, 0.3) is 0 Å². The van der Waals surface area contributed by atoms with Crippen molar-refractivity contribution < 1.29 is 9.53 Å². The Morgan fingerprint density at radius 3 is 2.62 bits per heavy atom. The summed E-state index contributed by atoms with van der Waals surface area (Å²) < 4.78 is 4.42. The maximum Gasteiger partial charge on any atom is 0.330 e. The Labute approximate surface area is 79.6 Å². The minimum atomic E-state index is -0.325. The van der Waals surface area contributed by atoms with Gasteiger partial charge in [0.15, 0.2) is 0 Å². The summed E-state index contributed by atoms with van der Waals surface area (Å²) in [5.74, 6) is -0.325. The Kier molecular flexibility index (Phi) is 7.90. The fourth-order valence-electron chi connectivity index (χ4n) is 0.701. The lowest BCUT2D eigenvalue weighted by Gasteiger charge is -1.86. The molecule has 13 heavy (non-hydrogen) atoms. The maximum absolute atomic E-state index is 10.6. The Morgan fingerprint density at radius 1 is 1.23 bits per heavy atom. The summed E-state index contributed by atoms with van der Waals surface area (Å²) >= 11 is 0. The lowest BCUT2D eigenvalue weighted by molar-refractivity contribution is -0.134. The molecule has 0 aromatic heterocycles. The molecule has 0 aliphatic carbocycles. The number of hydrogen-bond donors (Lipinski definition) is 0. The molecule has 72 valence electrons. The molecule has 0 aromatic carbocycles. The average molecular weight is 180 g/mol. The van der Waals surface area contributed by atoms with Crippen molar-refractivity contribution in [3.63, 3.8) is 0 Å². The van der Waals surface area contributed by atoms with E-state index in [9.17, 15) is 4.79 Å². The van der Waals surface area contributed by atoms with Crippen LogP contribution in [0.15, 0.2) is 36.5 Å². The van der Waals surface area contributed by atoms with Crippen LogP contribution in [0.4, 0.5) is 0 Å². The van der Waals surface area contributed by atoms with Gasteiger partial charge in [0.05, 0.1) is 7.11 Å². The summed E-state index contributed by atoms with van der Waals surface area (Å²) in [5.41, 5.74) is 0. The molecule has 0 heterocycles. The third-order valence-electron chi connectivity index (χ3n) is 1.36. The minimum absolute atomic E-state index is 0.325. The molecular formula is C11H16O2. The first-order chi connectivity index (χ1) is 6.31. The lowest BCUT2D eigenvalue weighted by atomic mass is 10.3. The number of rotatable bonds is 5. The number of allylic oxidation sites excluding steroid dienone is 5. The van der Waals surface area contributed by atoms with Gasteiger partial charge >= 0.3 is 5.97 Å². The van der Waals surface area contributed by atoms with Gasteiger partial charge in [0.25, 0.3) is 0 Å². The second-order valence-corrected chi connectivity index (χ2v) is 2.43. The van der Waals surface area contributed by atoms with Gasteiger partial charge in [-0.1, -0.05) is 37.3 Å². The highest BCUT2D eigenvalue weighted by molar-refractivity contribution is 5.82. The van der Waals surface area contributed by atoms with Crippen LogP contribution in [0.2, 0.25) is 0 Å². The summed E-state index contributed by atoms with van der Waals surface area (Å²) in [6.07, 6.45) is 13.0. The summed E-state index contributed by atoms with van der Waals surface area (Å²) in [6.45, 7) is 2.09. The van der Waals surface area contributed by atoms with Gasteiger partial charge in [-0.2, -0.15) is 0 Å². The smallest absolute Gasteiger partial charge is 0.330 e. The molecular weight excluding hydrogens is 164 g/mol. The molecule has 0 N–H and O–H groups in total. The molecule has 0 radical (unpaired) electrons. The monoisotopic (exact) mass is 180 g/mol. The van der Waals surface area contributed by atoms with Gasteiger partial charge in [-0.05, 0) is 12.8 Å².